The van der Waals surface area contributed by atoms with E-state index in [0.29, 0.717) is 12.2 Å². The molecule has 4 nitrogen and oxygen atoms in total. The van der Waals surface area contributed by atoms with Crippen LogP contribution in [-0.4, -0.2) is 32.9 Å². The van der Waals surface area contributed by atoms with E-state index >= 15 is 0 Å². The molecule has 0 bridgehead atoms. The van der Waals surface area contributed by atoms with E-state index in [4.69, 9.17) is 4.74 Å². The minimum absolute atomic E-state index is 0.290. The molecule has 4 heteroatoms. The lowest BCUT2D eigenvalue weighted by Crippen LogP contribution is -2.08. The SMILES string of the molecule is CCCOC(=O)c1ccc(N=Cc2ccc(N(C)C)cc2)cc1. The Morgan fingerprint density at radius 3 is 2.30 bits per heavy atom. The Labute approximate surface area is 137 Å². The van der Waals surface area contributed by atoms with Crippen molar-refractivity contribution in [2.45, 2.75) is 13.3 Å². The van der Waals surface area contributed by atoms with Gasteiger partial charge in [-0.05, 0) is 48.4 Å². The van der Waals surface area contributed by atoms with Gasteiger partial charge in [0.15, 0.2) is 0 Å². The van der Waals surface area contributed by atoms with Gasteiger partial charge in [-0.3, -0.25) is 4.99 Å². The predicted molar refractivity (Wildman–Crippen MR) is 95.0 cm³/mol. The van der Waals surface area contributed by atoms with Gasteiger partial charge in [0.1, 0.15) is 0 Å². The summed E-state index contributed by atoms with van der Waals surface area (Å²) in [4.78, 5) is 18.2. The number of carbonyl (C=O) groups excluding carboxylic acids is 1. The zero-order valence-corrected chi connectivity index (χ0v) is 13.8. The topological polar surface area (TPSA) is 41.9 Å². The number of aliphatic imine (C=N–C) groups is 1. The van der Waals surface area contributed by atoms with Gasteiger partial charge in [-0.25, -0.2) is 4.79 Å². The van der Waals surface area contributed by atoms with Crippen LogP contribution in [0, 0.1) is 0 Å². The maximum Gasteiger partial charge on any atom is 0.338 e. The maximum atomic E-state index is 11.7. The summed E-state index contributed by atoms with van der Waals surface area (Å²) in [6, 6.07) is 15.2. The molecule has 0 N–H and O–H groups in total. The summed E-state index contributed by atoms with van der Waals surface area (Å²) in [5.74, 6) is -0.290. The van der Waals surface area contributed by atoms with Crippen LogP contribution in [0.1, 0.15) is 29.3 Å². The monoisotopic (exact) mass is 310 g/mol. The first-order valence-electron chi connectivity index (χ1n) is 7.69. The largest absolute Gasteiger partial charge is 0.462 e. The van der Waals surface area contributed by atoms with Crippen molar-refractivity contribution >= 4 is 23.6 Å². The van der Waals surface area contributed by atoms with E-state index in [1.54, 1.807) is 12.1 Å². The number of ether oxygens (including phenoxy) is 1. The normalized spacial score (nSPS) is 10.7. The summed E-state index contributed by atoms with van der Waals surface area (Å²) in [6.07, 6.45) is 2.63. The number of nitrogens with zero attached hydrogens (tertiary/aromatic N) is 2. The fourth-order valence-corrected chi connectivity index (χ4v) is 1.97. The van der Waals surface area contributed by atoms with Gasteiger partial charge in [-0.2, -0.15) is 0 Å². The standard InChI is InChI=1S/C19H22N2O2/c1-4-13-23-19(22)16-7-9-17(10-8-16)20-14-15-5-11-18(12-6-15)21(2)3/h5-12,14H,4,13H2,1-3H3. The molecule has 2 rings (SSSR count). The van der Waals surface area contributed by atoms with Gasteiger partial charge in [-0.15, -0.1) is 0 Å². The Balaban J connectivity index is 2.01. The van der Waals surface area contributed by atoms with E-state index in [9.17, 15) is 4.79 Å². The number of hydrogen-bond acceptors (Lipinski definition) is 4. The van der Waals surface area contributed by atoms with Crippen LogP contribution in [0.15, 0.2) is 53.5 Å². The van der Waals surface area contributed by atoms with E-state index < -0.39 is 0 Å². The Bertz CT molecular complexity index is 659. The van der Waals surface area contributed by atoms with Crippen LogP contribution in [0.25, 0.3) is 0 Å². The first kappa shape index (κ1) is 16.7. The van der Waals surface area contributed by atoms with Crippen molar-refractivity contribution in [1.29, 1.82) is 0 Å². The van der Waals surface area contributed by atoms with Crippen LogP contribution < -0.4 is 4.90 Å². The molecule has 23 heavy (non-hydrogen) atoms. The van der Waals surface area contributed by atoms with Crippen molar-refractivity contribution in [3.05, 3.63) is 59.7 Å². The summed E-state index contributed by atoms with van der Waals surface area (Å²) in [5, 5.41) is 0. The zero-order valence-electron chi connectivity index (χ0n) is 13.8. The summed E-state index contributed by atoms with van der Waals surface area (Å²) >= 11 is 0. The van der Waals surface area contributed by atoms with Gasteiger partial charge < -0.3 is 9.64 Å². The van der Waals surface area contributed by atoms with Gasteiger partial charge >= 0.3 is 5.97 Å². The summed E-state index contributed by atoms with van der Waals surface area (Å²) < 4.78 is 5.10. The van der Waals surface area contributed by atoms with E-state index in [2.05, 4.69) is 9.89 Å². The number of anilines is 1. The summed E-state index contributed by atoms with van der Waals surface area (Å²) in [7, 11) is 4.02. The first-order chi connectivity index (χ1) is 11.1. The number of esters is 1. The molecule has 0 fully saturated rings. The smallest absolute Gasteiger partial charge is 0.338 e. The molecule has 0 amide bonds. The molecule has 0 aliphatic heterocycles. The molecule has 120 valence electrons. The fraction of sp³-hybridized carbons (Fsp3) is 0.263. The molecule has 0 atom stereocenters. The van der Waals surface area contributed by atoms with Crippen LogP contribution in [0.5, 0.6) is 0 Å². The van der Waals surface area contributed by atoms with Gasteiger partial charge in [0.25, 0.3) is 0 Å². The molecule has 0 saturated carbocycles. The van der Waals surface area contributed by atoms with Crippen LogP contribution in [-0.2, 0) is 4.74 Å². The van der Waals surface area contributed by atoms with Crippen molar-refractivity contribution < 1.29 is 9.53 Å². The lowest BCUT2D eigenvalue weighted by molar-refractivity contribution is 0.0505. The molecule has 0 spiro atoms. The number of hydrogen-bond donors (Lipinski definition) is 0. The Kier molecular flexibility index (Phi) is 5.92. The molecule has 0 heterocycles. The quantitative estimate of drug-likeness (QED) is 0.596. The molecule has 0 saturated heterocycles. The molecular formula is C19H22N2O2. The minimum atomic E-state index is -0.290. The number of benzene rings is 2. The van der Waals surface area contributed by atoms with Crippen molar-refractivity contribution in [2.75, 3.05) is 25.6 Å². The number of rotatable bonds is 6. The maximum absolute atomic E-state index is 11.7. The average Bonchev–Trinajstić information content (AvgIpc) is 2.58. The lowest BCUT2D eigenvalue weighted by Gasteiger charge is -2.11. The second kappa shape index (κ2) is 8.13. The predicted octanol–water partition coefficient (Wildman–Crippen LogP) is 4.07. The second-order valence-electron chi connectivity index (χ2n) is 5.43. The van der Waals surface area contributed by atoms with Gasteiger partial charge in [-0.1, -0.05) is 19.1 Å². The highest BCUT2D eigenvalue weighted by Crippen LogP contribution is 2.15. The summed E-state index contributed by atoms with van der Waals surface area (Å²) in [5.41, 5.74) is 3.53. The van der Waals surface area contributed by atoms with E-state index in [-0.39, 0.29) is 5.97 Å². The highest BCUT2D eigenvalue weighted by atomic mass is 16.5. The molecule has 0 aliphatic carbocycles. The third kappa shape index (κ3) is 4.95. The van der Waals surface area contributed by atoms with Gasteiger partial charge in [0.05, 0.1) is 17.9 Å². The zero-order chi connectivity index (χ0) is 16.7. The van der Waals surface area contributed by atoms with E-state index in [1.165, 1.54) is 0 Å². The first-order valence-corrected chi connectivity index (χ1v) is 7.69. The van der Waals surface area contributed by atoms with Crippen molar-refractivity contribution in [3.8, 4) is 0 Å². The minimum Gasteiger partial charge on any atom is -0.462 e. The van der Waals surface area contributed by atoms with Crippen molar-refractivity contribution in [2.24, 2.45) is 4.99 Å². The van der Waals surface area contributed by atoms with Crippen LogP contribution >= 0.6 is 0 Å². The van der Waals surface area contributed by atoms with Gasteiger partial charge in [0.2, 0.25) is 0 Å². The third-order valence-electron chi connectivity index (χ3n) is 3.31. The van der Waals surface area contributed by atoms with E-state index in [1.807, 2.05) is 63.6 Å². The lowest BCUT2D eigenvalue weighted by atomic mass is 10.2. The molecule has 0 aliphatic rings. The Morgan fingerprint density at radius 2 is 1.74 bits per heavy atom. The molecule has 0 unspecified atom stereocenters. The van der Waals surface area contributed by atoms with Gasteiger partial charge in [0, 0.05) is 26.0 Å². The van der Waals surface area contributed by atoms with Crippen molar-refractivity contribution in [1.82, 2.24) is 0 Å². The molecular weight excluding hydrogens is 288 g/mol. The number of carbonyl (C=O) groups is 1. The fourth-order valence-electron chi connectivity index (χ4n) is 1.97. The van der Waals surface area contributed by atoms with Crippen LogP contribution in [0.3, 0.4) is 0 Å². The summed E-state index contributed by atoms with van der Waals surface area (Å²) in [6.45, 7) is 2.41. The van der Waals surface area contributed by atoms with E-state index in [0.717, 1.165) is 23.4 Å². The Hall–Kier alpha value is -2.62. The third-order valence-corrected chi connectivity index (χ3v) is 3.31. The molecule has 2 aromatic rings. The average molecular weight is 310 g/mol. The van der Waals surface area contributed by atoms with Crippen LogP contribution in [0.4, 0.5) is 11.4 Å². The molecule has 0 radical (unpaired) electrons. The van der Waals surface area contributed by atoms with Crippen LogP contribution in [0.2, 0.25) is 0 Å². The highest BCUT2D eigenvalue weighted by Gasteiger charge is 2.05. The molecule has 0 aromatic heterocycles. The Morgan fingerprint density at radius 1 is 1.09 bits per heavy atom. The highest BCUT2D eigenvalue weighted by molar-refractivity contribution is 5.90. The second-order valence-corrected chi connectivity index (χ2v) is 5.43. The van der Waals surface area contributed by atoms with Crippen molar-refractivity contribution in [3.63, 3.8) is 0 Å². The molecule has 2 aromatic carbocycles.